The number of ether oxygens (including phenoxy) is 1. The number of carboxylic acid groups (broad SMARTS) is 1. The Balaban J connectivity index is 1.31. The summed E-state index contributed by atoms with van der Waals surface area (Å²) in [5, 5.41) is 19.0. The van der Waals surface area contributed by atoms with E-state index in [-0.39, 0.29) is 5.56 Å². The number of hydrogen-bond acceptors (Lipinski definition) is 6. The second-order valence-electron chi connectivity index (χ2n) is 7.74. The summed E-state index contributed by atoms with van der Waals surface area (Å²) in [6.07, 6.45) is 1.90. The van der Waals surface area contributed by atoms with Gasteiger partial charge in [0.1, 0.15) is 5.52 Å². The van der Waals surface area contributed by atoms with Crippen molar-refractivity contribution in [3.05, 3.63) is 72.4 Å². The molecule has 10 nitrogen and oxygen atoms in total. The SMILES string of the molecule is O=C(Nc1ccc(C(=O)O)cc1)Nc1ccc(-c2nc(N3CCOCC3)c3cccn3n2)cc1. The Morgan fingerprint density at radius 3 is 2.21 bits per heavy atom. The first kappa shape index (κ1) is 21.4. The highest BCUT2D eigenvalue weighted by atomic mass is 16.5. The maximum absolute atomic E-state index is 12.3. The molecule has 34 heavy (non-hydrogen) atoms. The van der Waals surface area contributed by atoms with Crippen LogP contribution in [0.25, 0.3) is 16.9 Å². The molecule has 1 fully saturated rings. The van der Waals surface area contributed by atoms with Crippen LogP contribution in [0.2, 0.25) is 0 Å². The molecule has 3 heterocycles. The molecule has 2 aromatic heterocycles. The van der Waals surface area contributed by atoms with E-state index in [0.29, 0.717) is 30.4 Å². The largest absolute Gasteiger partial charge is 0.478 e. The van der Waals surface area contributed by atoms with Crippen LogP contribution in [-0.4, -0.2) is 58.0 Å². The van der Waals surface area contributed by atoms with Gasteiger partial charge in [0, 0.05) is 36.2 Å². The monoisotopic (exact) mass is 458 g/mol. The summed E-state index contributed by atoms with van der Waals surface area (Å²) in [5.74, 6) is 0.432. The minimum absolute atomic E-state index is 0.152. The third-order valence-electron chi connectivity index (χ3n) is 5.47. The van der Waals surface area contributed by atoms with Gasteiger partial charge >= 0.3 is 12.0 Å². The van der Waals surface area contributed by atoms with E-state index in [1.807, 2.05) is 35.0 Å². The fourth-order valence-corrected chi connectivity index (χ4v) is 3.74. The maximum Gasteiger partial charge on any atom is 0.335 e. The van der Waals surface area contributed by atoms with Crippen molar-refractivity contribution in [2.45, 2.75) is 0 Å². The van der Waals surface area contributed by atoms with Gasteiger partial charge in [0.25, 0.3) is 0 Å². The topological polar surface area (TPSA) is 121 Å². The number of amides is 2. The number of aromatic nitrogens is 3. The number of carboxylic acids is 1. The lowest BCUT2D eigenvalue weighted by molar-refractivity contribution is 0.0697. The Morgan fingerprint density at radius 1 is 0.912 bits per heavy atom. The van der Waals surface area contributed by atoms with Gasteiger partial charge < -0.3 is 25.4 Å². The molecule has 1 saturated heterocycles. The van der Waals surface area contributed by atoms with Crippen LogP contribution < -0.4 is 15.5 Å². The zero-order valence-electron chi connectivity index (χ0n) is 18.1. The lowest BCUT2D eigenvalue weighted by Gasteiger charge is -2.28. The van der Waals surface area contributed by atoms with Crippen molar-refractivity contribution in [3.63, 3.8) is 0 Å². The molecule has 4 aromatic rings. The second-order valence-corrected chi connectivity index (χ2v) is 7.74. The highest BCUT2D eigenvalue weighted by Gasteiger charge is 2.18. The van der Waals surface area contributed by atoms with Gasteiger partial charge in [-0.25, -0.2) is 19.1 Å². The van der Waals surface area contributed by atoms with Crippen molar-refractivity contribution in [2.75, 3.05) is 41.8 Å². The molecule has 0 radical (unpaired) electrons. The molecule has 5 rings (SSSR count). The van der Waals surface area contributed by atoms with Crippen LogP contribution in [0.15, 0.2) is 66.9 Å². The standard InChI is InChI=1S/C24H22N6O4/c31-23(32)17-5-9-19(10-6-17)26-24(33)25-18-7-3-16(4-8-18)21-27-22(29-12-14-34-15-13-29)20-2-1-11-30(20)28-21/h1-11H,12-15H2,(H,31,32)(H2,25,26,33). The number of benzene rings is 2. The van der Waals surface area contributed by atoms with Gasteiger partial charge in [-0.15, -0.1) is 5.10 Å². The molecule has 1 aliphatic rings. The van der Waals surface area contributed by atoms with E-state index in [0.717, 1.165) is 30.0 Å². The fraction of sp³-hybridized carbons (Fsp3) is 0.167. The number of nitrogens with one attached hydrogen (secondary N) is 2. The van der Waals surface area contributed by atoms with Gasteiger partial charge in [0.2, 0.25) is 0 Å². The van der Waals surface area contributed by atoms with Gasteiger partial charge in [0.15, 0.2) is 11.6 Å². The highest BCUT2D eigenvalue weighted by Crippen LogP contribution is 2.25. The maximum atomic E-state index is 12.3. The molecule has 0 bridgehead atoms. The average molecular weight is 458 g/mol. The van der Waals surface area contributed by atoms with Crippen LogP contribution in [0.4, 0.5) is 22.0 Å². The Morgan fingerprint density at radius 2 is 1.56 bits per heavy atom. The highest BCUT2D eigenvalue weighted by molar-refractivity contribution is 6.00. The minimum atomic E-state index is -1.02. The number of hydrogen-bond donors (Lipinski definition) is 3. The van der Waals surface area contributed by atoms with E-state index < -0.39 is 12.0 Å². The predicted octanol–water partition coefficient (Wildman–Crippen LogP) is 3.58. The quantitative estimate of drug-likeness (QED) is 0.418. The van der Waals surface area contributed by atoms with Crippen LogP contribution in [0.3, 0.4) is 0 Å². The van der Waals surface area contributed by atoms with Gasteiger partial charge in [-0.3, -0.25) is 0 Å². The molecule has 1 aliphatic heterocycles. The number of carbonyl (C=O) groups excluding carboxylic acids is 1. The molecule has 0 spiro atoms. The molecule has 3 N–H and O–H groups in total. The summed E-state index contributed by atoms with van der Waals surface area (Å²) >= 11 is 0. The van der Waals surface area contributed by atoms with Crippen LogP contribution in [0, 0.1) is 0 Å². The molecule has 2 amide bonds. The second kappa shape index (κ2) is 9.20. The molecule has 10 heteroatoms. The number of aromatic carboxylic acids is 1. The molecule has 2 aromatic carbocycles. The first-order valence-corrected chi connectivity index (χ1v) is 10.8. The number of carbonyl (C=O) groups is 2. The van der Waals surface area contributed by atoms with E-state index in [1.165, 1.54) is 24.3 Å². The molecular weight excluding hydrogens is 436 g/mol. The number of rotatable bonds is 5. The fourth-order valence-electron chi connectivity index (χ4n) is 3.74. The van der Waals surface area contributed by atoms with Crippen LogP contribution in [0.5, 0.6) is 0 Å². The van der Waals surface area contributed by atoms with Gasteiger partial charge in [0.05, 0.1) is 18.8 Å². The molecular formula is C24H22N6O4. The van der Waals surface area contributed by atoms with Crippen molar-refractivity contribution < 1.29 is 19.4 Å². The third-order valence-corrected chi connectivity index (χ3v) is 5.47. The summed E-state index contributed by atoms with van der Waals surface area (Å²) in [6.45, 7) is 2.87. The van der Waals surface area contributed by atoms with E-state index in [9.17, 15) is 9.59 Å². The Kier molecular flexibility index (Phi) is 5.79. The van der Waals surface area contributed by atoms with Crippen molar-refractivity contribution in [1.82, 2.24) is 14.6 Å². The van der Waals surface area contributed by atoms with Crippen molar-refractivity contribution in [2.24, 2.45) is 0 Å². The number of anilines is 3. The molecule has 172 valence electrons. The van der Waals surface area contributed by atoms with Crippen LogP contribution in [-0.2, 0) is 4.74 Å². The van der Waals surface area contributed by atoms with Crippen molar-refractivity contribution in [1.29, 1.82) is 0 Å². The molecule has 0 unspecified atom stereocenters. The number of urea groups is 1. The zero-order valence-corrected chi connectivity index (χ0v) is 18.1. The first-order valence-electron chi connectivity index (χ1n) is 10.8. The van der Waals surface area contributed by atoms with Crippen molar-refractivity contribution in [3.8, 4) is 11.4 Å². The van der Waals surface area contributed by atoms with Crippen molar-refractivity contribution >= 4 is 34.7 Å². The Labute approximate surface area is 194 Å². The minimum Gasteiger partial charge on any atom is -0.478 e. The Bertz CT molecular complexity index is 1330. The summed E-state index contributed by atoms with van der Waals surface area (Å²) in [5.41, 5.74) is 3.00. The summed E-state index contributed by atoms with van der Waals surface area (Å²) < 4.78 is 7.29. The molecule has 0 saturated carbocycles. The number of nitrogens with zero attached hydrogens (tertiary/aromatic N) is 4. The summed E-state index contributed by atoms with van der Waals surface area (Å²) in [7, 11) is 0. The van der Waals surface area contributed by atoms with E-state index >= 15 is 0 Å². The lowest BCUT2D eigenvalue weighted by atomic mass is 10.2. The third kappa shape index (κ3) is 4.52. The predicted molar refractivity (Wildman–Crippen MR) is 127 cm³/mol. The van der Waals surface area contributed by atoms with Crippen LogP contribution in [0.1, 0.15) is 10.4 Å². The lowest BCUT2D eigenvalue weighted by Crippen LogP contribution is -2.37. The summed E-state index contributed by atoms with van der Waals surface area (Å²) in [4.78, 5) is 30.3. The van der Waals surface area contributed by atoms with E-state index in [1.54, 1.807) is 12.1 Å². The van der Waals surface area contributed by atoms with E-state index in [4.69, 9.17) is 14.8 Å². The van der Waals surface area contributed by atoms with Crippen LogP contribution >= 0.6 is 0 Å². The Hall–Kier alpha value is -4.44. The number of morpholine rings is 1. The summed E-state index contributed by atoms with van der Waals surface area (Å²) in [6, 6.07) is 16.7. The number of fused-ring (bicyclic) bond motifs is 1. The molecule has 0 aliphatic carbocycles. The van der Waals surface area contributed by atoms with Gasteiger partial charge in [-0.2, -0.15) is 0 Å². The zero-order chi connectivity index (χ0) is 23.5. The van der Waals surface area contributed by atoms with Gasteiger partial charge in [-0.1, -0.05) is 0 Å². The normalized spacial score (nSPS) is 13.6. The first-order chi connectivity index (χ1) is 16.6. The molecule has 0 atom stereocenters. The smallest absolute Gasteiger partial charge is 0.335 e. The van der Waals surface area contributed by atoms with E-state index in [2.05, 4.69) is 20.6 Å². The van der Waals surface area contributed by atoms with Gasteiger partial charge in [-0.05, 0) is 60.7 Å². The average Bonchev–Trinajstić information content (AvgIpc) is 3.33.